The van der Waals surface area contributed by atoms with Gasteiger partial charge in [-0.3, -0.25) is 19.1 Å². The van der Waals surface area contributed by atoms with Crippen molar-refractivity contribution in [2.45, 2.75) is 63.9 Å². The van der Waals surface area contributed by atoms with Gasteiger partial charge < -0.3 is 35.1 Å². The van der Waals surface area contributed by atoms with Crippen LogP contribution in [0.5, 0.6) is 5.75 Å². The summed E-state index contributed by atoms with van der Waals surface area (Å²) in [5.41, 5.74) is 9.59. The molecule has 1 fully saturated rings. The molecular weight excluding hydrogens is 560 g/mol. The topological polar surface area (TPSA) is 194 Å². The number of benzene rings is 1. The molecule has 13 nitrogen and oxygen atoms in total. The molecule has 0 saturated carbocycles. The van der Waals surface area contributed by atoms with E-state index in [4.69, 9.17) is 30.0 Å². The van der Waals surface area contributed by atoms with E-state index in [1.54, 1.807) is 44.2 Å². The van der Waals surface area contributed by atoms with Crippen molar-refractivity contribution in [3.05, 3.63) is 52.9 Å². The Morgan fingerprint density at radius 1 is 1.27 bits per heavy atom. The number of halogens is 1. The van der Waals surface area contributed by atoms with Gasteiger partial charge >= 0.3 is 13.6 Å². The fourth-order valence-corrected chi connectivity index (χ4v) is 6.80. The SMILES string of the molecule is CC(C)OC(=O)[C@H](C)CP(=O)(Oc1ccccc1)O[C@H](C)[C@H]1O[C@@H](n2ccc3c(=O)[nH]c(N)nc32)C(N)(CF)[C@H]1O. The number of rotatable bonds is 11. The van der Waals surface area contributed by atoms with Crippen LogP contribution in [0.3, 0.4) is 0 Å². The monoisotopic (exact) mass is 595 g/mol. The highest BCUT2D eigenvalue weighted by Crippen LogP contribution is 2.53. The number of carbonyl (C=O) groups is 1. The van der Waals surface area contributed by atoms with Crippen LogP contribution < -0.4 is 21.6 Å². The Morgan fingerprint density at radius 2 is 1.95 bits per heavy atom. The maximum atomic E-state index is 14.5. The first kappa shape index (κ1) is 30.7. The molecule has 1 aliphatic heterocycles. The maximum Gasteiger partial charge on any atom is 0.380 e. The summed E-state index contributed by atoms with van der Waals surface area (Å²) in [6.07, 6.45) is -4.80. The second kappa shape index (κ2) is 11.9. The largest absolute Gasteiger partial charge is 0.463 e. The lowest BCUT2D eigenvalue weighted by atomic mass is 9.91. The minimum atomic E-state index is -4.12. The number of nitrogens with two attached hydrogens (primary N) is 2. The van der Waals surface area contributed by atoms with Crippen LogP contribution in [0, 0.1) is 5.92 Å². The first-order chi connectivity index (χ1) is 19.3. The predicted octanol–water partition coefficient (Wildman–Crippen LogP) is 2.50. The van der Waals surface area contributed by atoms with Gasteiger partial charge in [-0.15, -0.1) is 0 Å². The van der Waals surface area contributed by atoms with Crippen molar-refractivity contribution in [2.24, 2.45) is 11.7 Å². The molecule has 6 N–H and O–H groups in total. The zero-order valence-corrected chi connectivity index (χ0v) is 24.0. The molecule has 0 aliphatic carbocycles. The van der Waals surface area contributed by atoms with Gasteiger partial charge in [0.05, 0.1) is 29.7 Å². The number of nitrogens with one attached hydrogen (secondary N) is 1. The molecule has 0 radical (unpaired) electrons. The molecule has 1 saturated heterocycles. The third-order valence-electron chi connectivity index (χ3n) is 6.72. The minimum Gasteiger partial charge on any atom is -0.463 e. The van der Waals surface area contributed by atoms with Crippen LogP contribution in [0.15, 0.2) is 47.4 Å². The molecule has 3 heterocycles. The maximum absolute atomic E-state index is 14.5. The van der Waals surface area contributed by atoms with Gasteiger partial charge in [-0.25, -0.2) is 8.96 Å². The van der Waals surface area contributed by atoms with Gasteiger partial charge in [0.25, 0.3) is 5.56 Å². The lowest BCUT2D eigenvalue weighted by Crippen LogP contribution is -2.57. The molecule has 0 bridgehead atoms. The molecule has 0 amide bonds. The number of para-hydroxylation sites is 1. The van der Waals surface area contributed by atoms with Crippen molar-refractivity contribution in [3.8, 4) is 5.75 Å². The molecule has 15 heteroatoms. The summed E-state index contributed by atoms with van der Waals surface area (Å²) >= 11 is 0. The highest BCUT2D eigenvalue weighted by molar-refractivity contribution is 7.54. The van der Waals surface area contributed by atoms with E-state index >= 15 is 0 Å². The van der Waals surface area contributed by atoms with Crippen molar-refractivity contribution >= 4 is 30.5 Å². The van der Waals surface area contributed by atoms with Crippen LogP contribution in [0.1, 0.15) is 33.9 Å². The number of fused-ring (bicyclic) bond motifs is 1. The Kier molecular flexibility index (Phi) is 8.90. The first-order valence-corrected chi connectivity index (χ1v) is 14.8. The number of nitrogens with zero attached hydrogens (tertiary/aromatic N) is 2. The summed E-state index contributed by atoms with van der Waals surface area (Å²) in [6, 6.07) is 9.66. The second-order valence-electron chi connectivity index (χ2n) is 10.5. The average molecular weight is 596 g/mol. The van der Waals surface area contributed by atoms with Crippen LogP contribution in [0.4, 0.5) is 10.3 Å². The number of hydrogen-bond acceptors (Lipinski definition) is 11. The number of alkyl halides is 1. The number of carbonyl (C=O) groups excluding carboxylic acids is 1. The van der Waals surface area contributed by atoms with E-state index in [1.807, 2.05) is 0 Å². The lowest BCUT2D eigenvalue weighted by Gasteiger charge is -2.31. The van der Waals surface area contributed by atoms with E-state index in [0.29, 0.717) is 0 Å². The van der Waals surface area contributed by atoms with Crippen molar-refractivity contribution in [3.63, 3.8) is 0 Å². The summed E-state index contributed by atoms with van der Waals surface area (Å²) in [5.74, 6) is -1.42. The summed E-state index contributed by atoms with van der Waals surface area (Å²) in [6.45, 7) is 5.15. The number of esters is 1. The van der Waals surface area contributed by atoms with E-state index in [1.165, 1.54) is 30.7 Å². The number of H-pyrrole nitrogens is 1. The number of aromatic nitrogens is 3. The van der Waals surface area contributed by atoms with Crippen molar-refractivity contribution < 1.29 is 37.4 Å². The quantitative estimate of drug-likeness (QED) is 0.188. The van der Waals surface area contributed by atoms with Gasteiger partial charge in [-0.2, -0.15) is 4.98 Å². The summed E-state index contributed by atoms with van der Waals surface area (Å²) < 4.78 is 52.9. The van der Waals surface area contributed by atoms with E-state index in [9.17, 15) is 23.7 Å². The lowest BCUT2D eigenvalue weighted by molar-refractivity contribution is -0.151. The molecule has 1 aliphatic rings. The molecule has 41 heavy (non-hydrogen) atoms. The van der Waals surface area contributed by atoms with Crippen LogP contribution in [0.2, 0.25) is 0 Å². The Bertz CT molecular complexity index is 1480. The Morgan fingerprint density at radius 3 is 2.59 bits per heavy atom. The number of nitrogen functional groups attached to an aromatic ring is 1. The van der Waals surface area contributed by atoms with Crippen LogP contribution >= 0.6 is 7.60 Å². The Labute approximate surface area is 235 Å². The Balaban J connectivity index is 1.63. The number of aromatic amines is 1. The van der Waals surface area contributed by atoms with E-state index in [-0.39, 0.29) is 35.0 Å². The van der Waals surface area contributed by atoms with Gasteiger partial charge in [0.1, 0.15) is 30.2 Å². The van der Waals surface area contributed by atoms with Gasteiger partial charge in [-0.1, -0.05) is 25.1 Å². The number of hydrogen-bond donors (Lipinski definition) is 4. The standard InChI is InChI=1S/C26H35FN5O8P/c1-14(2)37-23(35)15(3)12-41(36,40-17-8-6-5-7-9-17)39-16(4)19-20(33)26(29,13-27)24(38-19)32-11-10-18-21(32)30-25(28)31-22(18)34/h5-11,14-16,19-20,24,33H,12-13,29H2,1-4H3,(H3,28,30,31,34)/t15-,16-,19-,20+,24-,26?,41?/m1/s1. The third kappa shape index (κ3) is 6.31. The van der Waals surface area contributed by atoms with Crippen LogP contribution in [0.25, 0.3) is 11.0 Å². The van der Waals surface area contributed by atoms with E-state index in [0.717, 1.165) is 0 Å². The normalized spacial score (nSPS) is 25.6. The molecule has 7 atom stereocenters. The minimum absolute atomic E-state index is 0.0662. The molecular formula is C26H35FN5O8P. The summed E-state index contributed by atoms with van der Waals surface area (Å²) in [7, 11) is -4.12. The van der Waals surface area contributed by atoms with Gasteiger partial charge in [0.15, 0.2) is 11.9 Å². The first-order valence-electron chi connectivity index (χ1n) is 13.0. The number of aliphatic hydroxyl groups is 1. The Hall–Kier alpha value is -3.29. The van der Waals surface area contributed by atoms with E-state index in [2.05, 4.69) is 9.97 Å². The van der Waals surface area contributed by atoms with Crippen molar-refractivity contribution in [1.82, 2.24) is 14.5 Å². The number of aliphatic hydroxyl groups excluding tert-OH is 1. The molecule has 2 aromatic heterocycles. The fourth-order valence-electron chi connectivity index (χ4n) is 4.70. The number of ether oxygens (including phenoxy) is 2. The van der Waals surface area contributed by atoms with Crippen LogP contribution in [-0.4, -0.2) is 68.4 Å². The van der Waals surface area contributed by atoms with E-state index < -0.39 is 61.8 Å². The van der Waals surface area contributed by atoms with Crippen LogP contribution in [-0.2, 0) is 23.4 Å². The zero-order chi connectivity index (χ0) is 30.1. The molecule has 224 valence electrons. The van der Waals surface area contributed by atoms with Gasteiger partial charge in [0.2, 0.25) is 5.95 Å². The molecule has 4 rings (SSSR count). The second-order valence-corrected chi connectivity index (χ2v) is 12.4. The fraction of sp³-hybridized carbons (Fsp3) is 0.500. The number of anilines is 1. The smallest absolute Gasteiger partial charge is 0.380 e. The van der Waals surface area contributed by atoms with Crippen molar-refractivity contribution in [1.29, 1.82) is 0 Å². The molecule has 2 unspecified atom stereocenters. The third-order valence-corrected chi connectivity index (χ3v) is 8.86. The van der Waals surface area contributed by atoms with Gasteiger partial charge in [0, 0.05) is 6.20 Å². The average Bonchev–Trinajstić information content (AvgIpc) is 3.42. The highest BCUT2D eigenvalue weighted by Gasteiger charge is 2.57. The van der Waals surface area contributed by atoms with Gasteiger partial charge in [-0.05, 0) is 39.0 Å². The summed E-state index contributed by atoms with van der Waals surface area (Å²) in [4.78, 5) is 31.3. The van der Waals surface area contributed by atoms with Crippen molar-refractivity contribution in [2.75, 3.05) is 18.6 Å². The predicted molar refractivity (Wildman–Crippen MR) is 148 cm³/mol. The molecule has 3 aromatic rings. The molecule has 1 aromatic carbocycles. The summed E-state index contributed by atoms with van der Waals surface area (Å²) in [5, 5.41) is 11.3. The zero-order valence-electron chi connectivity index (χ0n) is 23.1. The molecule has 0 spiro atoms. The highest BCUT2D eigenvalue weighted by atomic mass is 31.2.